The minimum Gasteiger partial charge on any atom is -0.462 e. The van der Waals surface area contributed by atoms with E-state index in [1.165, 1.54) is 6.07 Å². The number of carbonyl (C=O) groups is 3. The number of benzene rings is 2. The highest BCUT2D eigenvalue weighted by Crippen LogP contribution is 2.44. The SMILES string of the molecule is CCOC(=O)c1cc(Cl)cc(C)c1NC(=O)C1([N+](CC)(CC)CC(=O)OCc2ccccc2)CCC1. The number of nitrogens with zero attached hydrogens (tertiary/aromatic N) is 1. The molecular weight excluding hydrogens is 480 g/mol. The first-order chi connectivity index (χ1) is 17.2. The van der Waals surface area contributed by atoms with Crippen molar-refractivity contribution in [3.63, 3.8) is 0 Å². The predicted molar refractivity (Wildman–Crippen MR) is 140 cm³/mol. The maximum Gasteiger partial charge on any atom is 0.362 e. The monoisotopic (exact) mass is 515 g/mol. The van der Waals surface area contributed by atoms with Crippen molar-refractivity contribution < 1.29 is 28.3 Å². The van der Waals surface area contributed by atoms with E-state index >= 15 is 0 Å². The van der Waals surface area contributed by atoms with Gasteiger partial charge in [-0.15, -0.1) is 0 Å². The first-order valence-corrected chi connectivity index (χ1v) is 12.9. The lowest BCUT2D eigenvalue weighted by Crippen LogP contribution is -2.73. The van der Waals surface area contributed by atoms with Crippen LogP contribution in [0.4, 0.5) is 5.69 Å². The van der Waals surface area contributed by atoms with Gasteiger partial charge in [-0.05, 0) is 57.4 Å². The molecule has 0 radical (unpaired) electrons. The Bertz CT molecular complexity index is 1090. The van der Waals surface area contributed by atoms with Gasteiger partial charge in [-0.3, -0.25) is 4.79 Å². The van der Waals surface area contributed by atoms with E-state index in [-0.39, 0.29) is 41.7 Å². The van der Waals surface area contributed by atoms with Gasteiger partial charge < -0.3 is 19.3 Å². The number of amides is 1. The van der Waals surface area contributed by atoms with Crippen LogP contribution in [0.3, 0.4) is 0 Å². The van der Waals surface area contributed by atoms with E-state index < -0.39 is 11.5 Å². The van der Waals surface area contributed by atoms with Gasteiger partial charge >= 0.3 is 11.9 Å². The average Bonchev–Trinajstić information content (AvgIpc) is 2.83. The van der Waals surface area contributed by atoms with Gasteiger partial charge in [0.15, 0.2) is 12.1 Å². The van der Waals surface area contributed by atoms with Crippen molar-refractivity contribution >= 4 is 35.1 Å². The van der Waals surface area contributed by atoms with E-state index in [0.717, 1.165) is 12.0 Å². The number of anilines is 1. The zero-order chi connectivity index (χ0) is 26.3. The van der Waals surface area contributed by atoms with Crippen LogP contribution in [0.1, 0.15) is 61.5 Å². The van der Waals surface area contributed by atoms with Gasteiger partial charge in [-0.2, -0.15) is 0 Å². The third-order valence-corrected chi connectivity index (χ3v) is 7.65. The number of rotatable bonds is 11. The molecule has 36 heavy (non-hydrogen) atoms. The zero-order valence-corrected chi connectivity index (χ0v) is 22.3. The molecule has 1 fully saturated rings. The van der Waals surface area contributed by atoms with E-state index in [4.69, 9.17) is 21.1 Å². The fourth-order valence-electron chi connectivity index (χ4n) is 5.17. The van der Waals surface area contributed by atoms with Gasteiger partial charge in [-0.1, -0.05) is 41.9 Å². The third kappa shape index (κ3) is 5.57. The quantitative estimate of drug-likeness (QED) is 0.325. The molecular formula is C28H36ClN2O5+. The Morgan fingerprint density at radius 2 is 1.69 bits per heavy atom. The topological polar surface area (TPSA) is 81.7 Å². The molecule has 1 N–H and O–H groups in total. The largest absolute Gasteiger partial charge is 0.462 e. The smallest absolute Gasteiger partial charge is 0.362 e. The molecule has 1 saturated carbocycles. The normalized spacial score (nSPS) is 14.5. The summed E-state index contributed by atoms with van der Waals surface area (Å²) in [5.41, 5.74) is 1.40. The van der Waals surface area contributed by atoms with E-state index in [9.17, 15) is 14.4 Å². The molecule has 7 nitrogen and oxygen atoms in total. The summed E-state index contributed by atoms with van der Waals surface area (Å²) in [7, 11) is 0. The van der Waals surface area contributed by atoms with Gasteiger partial charge in [0.25, 0.3) is 5.91 Å². The number of esters is 2. The van der Waals surface area contributed by atoms with Crippen molar-refractivity contribution in [1.82, 2.24) is 0 Å². The maximum absolute atomic E-state index is 13.9. The summed E-state index contributed by atoms with van der Waals surface area (Å²) >= 11 is 6.21. The molecule has 0 saturated heterocycles. The molecule has 8 heteroatoms. The van der Waals surface area contributed by atoms with Crippen LogP contribution in [-0.2, 0) is 25.7 Å². The highest BCUT2D eigenvalue weighted by atomic mass is 35.5. The standard InChI is InChI=1S/C28H35ClN2O5/c1-5-31(6-2,18-24(32)36-19-21-12-9-8-10-13-21)28(14-11-15-28)27(34)30-25-20(4)16-22(29)17-23(25)26(33)35-7-3/h8-10,12-13,16-17H,5-7,11,14-15,18-19H2,1-4H3/p+1. The maximum atomic E-state index is 13.9. The molecule has 0 aromatic heterocycles. The van der Waals surface area contributed by atoms with Crippen LogP contribution < -0.4 is 5.32 Å². The van der Waals surface area contributed by atoms with Gasteiger partial charge in [0.2, 0.25) is 0 Å². The van der Waals surface area contributed by atoms with Crippen LogP contribution in [0.2, 0.25) is 5.02 Å². The summed E-state index contributed by atoms with van der Waals surface area (Å²) in [4.78, 5) is 39.6. The zero-order valence-electron chi connectivity index (χ0n) is 21.6. The third-order valence-electron chi connectivity index (χ3n) is 7.43. The van der Waals surface area contributed by atoms with Crippen molar-refractivity contribution in [2.45, 2.75) is 59.1 Å². The second kappa shape index (κ2) is 11.9. The van der Waals surface area contributed by atoms with Gasteiger partial charge in [0, 0.05) is 17.9 Å². The van der Waals surface area contributed by atoms with Gasteiger partial charge in [0.05, 0.1) is 30.9 Å². The molecule has 3 rings (SSSR count). The lowest BCUT2D eigenvalue weighted by Gasteiger charge is -2.55. The van der Waals surface area contributed by atoms with Crippen molar-refractivity contribution in [2.75, 3.05) is 31.6 Å². The summed E-state index contributed by atoms with van der Waals surface area (Å²) in [6.07, 6.45) is 2.18. The van der Waals surface area contributed by atoms with Gasteiger partial charge in [0.1, 0.15) is 6.61 Å². The molecule has 0 heterocycles. The molecule has 0 atom stereocenters. The summed E-state index contributed by atoms with van der Waals surface area (Å²) in [6, 6.07) is 12.7. The van der Waals surface area contributed by atoms with Crippen LogP contribution in [0.25, 0.3) is 0 Å². The Hall–Kier alpha value is -2.90. The first kappa shape index (κ1) is 27.7. The van der Waals surface area contributed by atoms with Gasteiger partial charge in [-0.25, -0.2) is 9.59 Å². The van der Waals surface area contributed by atoms with Crippen molar-refractivity contribution in [1.29, 1.82) is 0 Å². The minimum absolute atomic E-state index is 0.0948. The minimum atomic E-state index is -0.798. The highest BCUT2D eigenvalue weighted by Gasteiger charge is 2.60. The number of nitrogens with one attached hydrogen (secondary N) is 1. The number of quaternary nitrogens is 1. The molecule has 0 aliphatic heterocycles. The number of aryl methyl sites for hydroxylation is 1. The fraction of sp³-hybridized carbons (Fsp3) is 0.464. The number of carbonyl (C=O) groups excluding carboxylic acids is 3. The van der Waals surface area contributed by atoms with Crippen molar-refractivity contribution in [3.05, 3.63) is 64.2 Å². The lowest BCUT2D eigenvalue weighted by molar-refractivity contribution is -0.963. The summed E-state index contributed by atoms with van der Waals surface area (Å²) in [5, 5.41) is 3.42. The van der Waals surface area contributed by atoms with Crippen LogP contribution in [0, 0.1) is 6.92 Å². The highest BCUT2D eigenvalue weighted by molar-refractivity contribution is 6.31. The van der Waals surface area contributed by atoms with E-state index in [0.29, 0.717) is 42.2 Å². The Morgan fingerprint density at radius 3 is 2.25 bits per heavy atom. The molecule has 0 spiro atoms. The average molecular weight is 516 g/mol. The summed E-state index contributed by atoms with van der Waals surface area (Å²) < 4.78 is 11.1. The molecule has 2 aromatic carbocycles. The molecule has 1 aliphatic rings. The molecule has 0 bridgehead atoms. The van der Waals surface area contributed by atoms with Crippen LogP contribution in [-0.4, -0.2) is 54.1 Å². The van der Waals surface area contributed by atoms with Crippen molar-refractivity contribution in [2.24, 2.45) is 0 Å². The Labute approximate surface area is 218 Å². The molecule has 2 aromatic rings. The van der Waals surface area contributed by atoms with E-state index in [2.05, 4.69) is 5.32 Å². The second-order valence-electron chi connectivity index (χ2n) is 9.29. The molecule has 1 aliphatic carbocycles. The van der Waals surface area contributed by atoms with Crippen LogP contribution >= 0.6 is 11.6 Å². The summed E-state index contributed by atoms with van der Waals surface area (Å²) in [5.74, 6) is -1.09. The molecule has 1 amide bonds. The Morgan fingerprint density at radius 1 is 1.03 bits per heavy atom. The number of ether oxygens (including phenoxy) is 2. The lowest BCUT2D eigenvalue weighted by atomic mass is 9.72. The van der Waals surface area contributed by atoms with Crippen LogP contribution in [0.5, 0.6) is 0 Å². The van der Waals surface area contributed by atoms with Crippen molar-refractivity contribution in [3.8, 4) is 0 Å². The Kier molecular flexibility index (Phi) is 9.14. The van der Waals surface area contributed by atoms with Crippen LogP contribution in [0.15, 0.2) is 42.5 Å². The Balaban J connectivity index is 1.86. The first-order valence-electron chi connectivity index (χ1n) is 12.6. The predicted octanol–water partition coefficient (Wildman–Crippen LogP) is 5.29. The second-order valence-corrected chi connectivity index (χ2v) is 9.72. The fourth-order valence-corrected chi connectivity index (χ4v) is 5.44. The number of likely N-dealkylation sites (N-methyl/N-ethyl adjacent to an activating group) is 1. The molecule has 194 valence electrons. The molecule has 0 unspecified atom stereocenters. The van der Waals surface area contributed by atoms with E-state index in [1.807, 2.05) is 44.2 Å². The number of hydrogen-bond donors (Lipinski definition) is 1. The number of halogens is 1. The summed E-state index contributed by atoms with van der Waals surface area (Å²) in [6.45, 7) is 9.19. The number of hydrogen-bond acceptors (Lipinski definition) is 5. The van der Waals surface area contributed by atoms with E-state index in [1.54, 1.807) is 19.9 Å².